The quantitative estimate of drug-likeness (QED) is 0.757. The molecule has 0 saturated heterocycles. The van der Waals surface area contributed by atoms with Gasteiger partial charge in [-0.05, 0) is 61.4 Å². The summed E-state index contributed by atoms with van der Waals surface area (Å²) in [5.41, 5.74) is 1.24. The fraction of sp³-hybridized carbons (Fsp3) is 0.333. The summed E-state index contributed by atoms with van der Waals surface area (Å²) in [6.45, 7) is 5.89. The van der Waals surface area contributed by atoms with Gasteiger partial charge in [-0.15, -0.1) is 0 Å². The van der Waals surface area contributed by atoms with Crippen molar-refractivity contribution in [2.45, 2.75) is 26.4 Å². The molecule has 0 aliphatic heterocycles. The summed E-state index contributed by atoms with van der Waals surface area (Å²) >= 11 is 1.52. The van der Waals surface area contributed by atoms with Crippen LogP contribution in [0.25, 0.3) is 11.1 Å². The standard InChI is InChI=1S/C18H21NO5S/c1-18(2,3)24-17(22)19-7-8-23-15-5-4-12(16(20)21)10-14(15)13-6-9-25-11-13/h4-6,9-11H,7-8H2,1-3H3,(H,19,22)(H,20,21). The number of nitrogens with one attached hydrogen (secondary N) is 1. The SMILES string of the molecule is CC(C)(C)OC(=O)NCCOc1ccc(C(=O)O)cc1-c1ccsc1. The van der Waals surface area contributed by atoms with Crippen molar-refractivity contribution in [1.82, 2.24) is 5.32 Å². The van der Waals surface area contributed by atoms with Gasteiger partial charge < -0.3 is 19.9 Å². The van der Waals surface area contributed by atoms with Crippen molar-refractivity contribution in [1.29, 1.82) is 0 Å². The minimum absolute atomic E-state index is 0.195. The Morgan fingerprint density at radius 1 is 1.24 bits per heavy atom. The topological polar surface area (TPSA) is 84.9 Å². The third-order valence-electron chi connectivity index (χ3n) is 3.09. The van der Waals surface area contributed by atoms with E-state index in [9.17, 15) is 9.59 Å². The highest BCUT2D eigenvalue weighted by Gasteiger charge is 2.16. The zero-order valence-corrected chi connectivity index (χ0v) is 15.2. The average molecular weight is 363 g/mol. The van der Waals surface area contributed by atoms with Crippen molar-refractivity contribution in [2.75, 3.05) is 13.2 Å². The van der Waals surface area contributed by atoms with Crippen molar-refractivity contribution in [3.63, 3.8) is 0 Å². The zero-order chi connectivity index (χ0) is 18.4. The van der Waals surface area contributed by atoms with E-state index in [0.717, 1.165) is 5.56 Å². The maximum absolute atomic E-state index is 11.6. The summed E-state index contributed by atoms with van der Waals surface area (Å²) in [5.74, 6) is -0.427. The number of carboxylic acids is 1. The van der Waals surface area contributed by atoms with Crippen LogP contribution in [0.3, 0.4) is 0 Å². The Labute approximate surface area is 150 Å². The van der Waals surface area contributed by atoms with Crippen LogP contribution in [0, 0.1) is 0 Å². The van der Waals surface area contributed by atoms with Crippen LogP contribution in [0.5, 0.6) is 5.75 Å². The molecule has 7 heteroatoms. The summed E-state index contributed by atoms with van der Waals surface area (Å²) in [7, 11) is 0. The Morgan fingerprint density at radius 2 is 2.00 bits per heavy atom. The molecule has 1 amide bonds. The lowest BCUT2D eigenvalue weighted by molar-refractivity contribution is 0.0519. The molecule has 2 rings (SSSR count). The van der Waals surface area contributed by atoms with Crippen LogP contribution in [0.4, 0.5) is 4.79 Å². The van der Waals surface area contributed by atoms with Crippen LogP contribution in [0.15, 0.2) is 35.0 Å². The van der Waals surface area contributed by atoms with Gasteiger partial charge in [-0.1, -0.05) is 0 Å². The van der Waals surface area contributed by atoms with Crippen molar-refractivity contribution in [3.05, 3.63) is 40.6 Å². The molecule has 2 N–H and O–H groups in total. The van der Waals surface area contributed by atoms with Crippen LogP contribution in [-0.2, 0) is 4.74 Å². The number of carboxylic acid groups (broad SMARTS) is 1. The van der Waals surface area contributed by atoms with Crippen LogP contribution in [0.2, 0.25) is 0 Å². The van der Waals surface area contributed by atoms with E-state index in [-0.39, 0.29) is 18.7 Å². The molecule has 1 heterocycles. The number of rotatable bonds is 6. The normalized spacial score (nSPS) is 11.0. The first-order chi connectivity index (χ1) is 11.8. The van der Waals surface area contributed by atoms with Crippen molar-refractivity contribution in [3.8, 4) is 16.9 Å². The lowest BCUT2D eigenvalue weighted by atomic mass is 10.0. The van der Waals surface area contributed by atoms with E-state index in [4.69, 9.17) is 14.6 Å². The molecule has 0 aliphatic rings. The molecule has 0 saturated carbocycles. The highest BCUT2D eigenvalue weighted by molar-refractivity contribution is 7.08. The summed E-state index contributed by atoms with van der Waals surface area (Å²) in [4.78, 5) is 22.8. The lowest BCUT2D eigenvalue weighted by Crippen LogP contribution is -2.34. The van der Waals surface area contributed by atoms with Crippen LogP contribution in [-0.4, -0.2) is 35.9 Å². The number of ether oxygens (including phenoxy) is 2. The number of aromatic carboxylic acids is 1. The molecule has 0 unspecified atom stereocenters. The molecule has 0 fully saturated rings. The summed E-state index contributed by atoms with van der Waals surface area (Å²) in [6, 6.07) is 6.61. The Hall–Kier alpha value is -2.54. The number of amides is 1. The molecule has 25 heavy (non-hydrogen) atoms. The van der Waals surface area contributed by atoms with E-state index in [2.05, 4.69) is 5.32 Å². The number of carbonyl (C=O) groups is 2. The number of benzene rings is 1. The predicted octanol–water partition coefficient (Wildman–Crippen LogP) is 4.02. The summed E-state index contributed by atoms with van der Waals surface area (Å²) in [6.07, 6.45) is -0.504. The van der Waals surface area contributed by atoms with Crippen molar-refractivity contribution in [2.24, 2.45) is 0 Å². The van der Waals surface area contributed by atoms with E-state index < -0.39 is 17.7 Å². The number of alkyl carbamates (subject to hydrolysis) is 1. The third kappa shape index (κ3) is 5.79. The molecule has 6 nitrogen and oxygen atoms in total. The second-order valence-corrected chi connectivity index (χ2v) is 7.09. The van der Waals surface area contributed by atoms with Gasteiger partial charge in [0.2, 0.25) is 0 Å². The Kier molecular flexibility index (Phi) is 6.03. The fourth-order valence-corrected chi connectivity index (χ4v) is 2.72. The minimum Gasteiger partial charge on any atom is -0.491 e. The first-order valence-corrected chi connectivity index (χ1v) is 8.70. The number of carbonyl (C=O) groups excluding carboxylic acids is 1. The van der Waals surface area contributed by atoms with Gasteiger partial charge in [0, 0.05) is 5.56 Å². The van der Waals surface area contributed by atoms with E-state index in [1.807, 2.05) is 16.8 Å². The maximum atomic E-state index is 11.6. The predicted molar refractivity (Wildman–Crippen MR) is 96.4 cm³/mol. The molecule has 0 aliphatic carbocycles. The molecule has 0 spiro atoms. The highest BCUT2D eigenvalue weighted by Crippen LogP contribution is 2.32. The second-order valence-electron chi connectivity index (χ2n) is 6.31. The second kappa shape index (κ2) is 8.02. The van der Waals surface area contributed by atoms with Gasteiger partial charge in [-0.2, -0.15) is 11.3 Å². The monoisotopic (exact) mass is 363 g/mol. The fourth-order valence-electron chi connectivity index (χ4n) is 2.06. The molecule has 0 atom stereocenters. The van der Waals surface area contributed by atoms with Crippen LogP contribution in [0.1, 0.15) is 31.1 Å². The third-order valence-corrected chi connectivity index (χ3v) is 3.77. The molecule has 0 radical (unpaired) electrons. The van der Waals surface area contributed by atoms with Crippen LogP contribution >= 0.6 is 11.3 Å². The van der Waals surface area contributed by atoms with Gasteiger partial charge in [-0.25, -0.2) is 9.59 Å². The first-order valence-electron chi connectivity index (χ1n) is 7.76. The molecule has 0 bridgehead atoms. The van der Waals surface area contributed by atoms with E-state index in [1.165, 1.54) is 17.4 Å². The number of hydrogen-bond acceptors (Lipinski definition) is 5. The van der Waals surface area contributed by atoms with Gasteiger partial charge in [-0.3, -0.25) is 0 Å². The minimum atomic E-state index is -0.991. The van der Waals surface area contributed by atoms with Gasteiger partial charge in [0.15, 0.2) is 0 Å². The summed E-state index contributed by atoms with van der Waals surface area (Å²) in [5, 5.41) is 15.6. The van der Waals surface area contributed by atoms with Gasteiger partial charge in [0.05, 0.1) is 12.1 Å². The number of thiophene rings is 1. The van der Waals surface area contributed by atoms with E-state index in [0.29, 0.717) is 11.3 Å². The zero-order valence-electron chi connectivity index (χ0n) is 14.4. The van der Waals surface area contributed by atoms with E-state index >= 15 is 0 Å². The van der Waals surface area contributed by atoms with E-state index in [1.54, 1.807) is 32.9 Å². The molecular weight excluding hydrogens is 342 g/mol. The lowest BCUT2D eigenvalue weighted by Gasteiger charge is -2.19. The average Bonchev–Trinajstić information content (AvgIpc) is 3.04. The Balaban J connectivity index is 2.00. The smallest absolute Gasteiger partial charge is 0.407 e. The largest absolute Gasteiger partial charge is 0.491 e. The van der Waals surface area contributed by atoms with Crippen LogP contribution < -0.4 is 10.1 Å². The van der Waals surface area contributed by atoms with Crippen molar-refractivity contribution < 1.29 is 24.2 Å². The van der Waals surface area contributed by atoms with Gasteiger partial charge in [0.25, 0.3) is 0 Å². The van der Waals surface area contributed by atoms with Gasteiger partial charge in [0.1, 0.15) is 18.0 Å². The maximum Gasteiger partial charge on any atom is 0.407 e. The Morgan fingerprint density at radius 3 is 2.60 bits per heavy atom. The summed E-state index contributed by atoms with van der Waals surface area (Å²) < 4.78 is 10.9. The Bertz CT molecular complexity index is 734. The first kappa shape index (κ1) is 18.8. The molecule has 134 valence electrons. The number of hydrogen-bond donors (Lipinski definition) is 2. The highest BCUT2D eigenvalue weighted by atomic mass is 32.1. The molecule has 2 aromatic rings. The molecule has 1 aromatic carbocycles. The van der Waals surface area contributed by atoms with Crippen molar-refractivity contribution >= 4 is 23.4 Å². The molecule has 1 aromatic heterocycles. The molecular formula is C18H21NO5S. The van der Waals surface area contributed by atoms with Gasteiger partial charge >= 0.3 is 12.1 Å².